The van der Waals surface area contributed by atoms with E-state index in [1.807, 2.05) is 37.3 Å². The first-order valence-electron chi connectivity index (χ1n) is 5.80. The Hall–Kier alpha value is -1.94. The van der Waals surface area contributed by atoms with Gasteiger partial charge in [-0.15, -0.1) is 0 Å². The van der Waals surface area contributed by atoms with E-state index < -0.39 is 12.0 Å². The predicted octanol–water partition coefficient (Wildman–Crippen LogP) is 1.59. The minimum Gasteiger partial charge on any atom is -0.468 e. The molecule has 0 spiro atoms. The van der Waals surface area contributed by atoms with E-state index in [4.69, 9.17) is 5.73 Å². The van der Waals surface area contributed by atoms with Crippen LogP contribution in [0.3, 0.4) is 0 Å². The van der Waals surface area contributed by atoms with Crippen LogP contribution in [-0.4, -0.2) is 24.1 Å². The lowest BCUT2D eigenvalue weighted by atomic mass is 10.0. The quantitative estimate of drug-likeness (QED) is 0.833. The van der Waals surface area contributed by atoms with E-state index in [2.05, 4.69) is 9.72 Å². The SMILES string of the molecule is COC(=O)C(N)Cc1cc(C)nc2ccccc12. The molecule has 0 aliphatic heterocycles. The molecule has 1 atom stereocenters. The topological polar surface area (TPSA) is 65.2 Å². The van der Waals surface area contributed by atoms with E-state index in [0.29, 0.717) is 6.42 Å². The van der Waals surface area contributed by atoms with Gasteiger partial charge in [-0.1, -0.05) is 18.2 Å². The molecule has 1 heterocycles. The number of aryl methyl sites for hydroxylation is 1. The smallest absolute Gasteiger partial charge is 0.322 e. The predicted molar refractivity (Wildman–Crippen MR) is 70.2 cm³/mol. The molecule has 0 fully saturated rings. The standard InChI is InChI=1S/C14H16N2O2/c1-9-7-10(8-12(15)14(17)18-2)11-5-3-4-6-13(11)16-9/h3-7,12H,8,15H2,1-2H3. The van der Waals surface area contributed by atoms with E-state index >= 15 is 0 Å². The zero-order valence-electron chi connectivity index (χ0n) is 10.5. The molecule has 1 aromatic carbocycles. The number of ether oxygens (including phenoxy) is 1. The maximum absolute atomic E-state index is 11.4. The summed E-state index contributed by atoms with van der Waals surface area (Å²) in [6, 6.07) is 9.16. The van der Waals surface area contributed by atoms with Gasteiger partial charge in [0.2, 0.25) is 0 Å². The summed E-state index contributed by atoms with van der Waals surface area (Å²) in [6.45, 7) is 1.93. The second-order valence-corrected chi connectivity index (χ2v) is 4.27. The van der Waals surface area contributed by atoms with Gasteiger partial charge in [-0.3, -0.25) is 9.78 Å². The summed E-state index contributed by atoms with van der Waals surface area (Å²) in [5, 5.41) is 1.03. The van der Waals surface area contributed by atoms with Crippen LogP contribution < -0.4 is 5.73 Å². The first-order chi connectivity index (χ1) is 8.61. The van der Waals surface area contributed by atoms with Gasteiger partial charge < -0.3 is 10.5 Å². The van der Waals surface area contributed by atoms with Gasteiger partial charge in [0.1, 0.15) is 6.04 Å². The fourth-order valence-electron chi connectivity index (χ4n) is 2.04. The zero-order chi connectivity index (χ0) is 13.1. The van der Waals surface area contributed by atoms with Crippen molar-refractivity contribution < 1.29 is 9.53 Å². The molecule has 94 valence electrons. The van der Waals surface area contributed by atoms with Gasteiger partial charge in [0, 0.05) is 11.1 Å². The fraction of sp³-hybridized carbons (Fsp3) is 0.286. The van der Waals surface area contributed by atoms with Crippen molar-refractivity contribution in [2.75, 3.05) is 7.11 Å². The van der Waals surface area contributed by atoms with Gasteiger partial charge in [-0.05, 0) is 31.0 Å². The van der Waals surface area contributed by atoms with Crippen molar-refractivity contribution in [1.29, 1.82) is 0 Å². The van der Waals surface area contributed by atoms with E-state index in [1.54, 1.807) is 0 Å². The van der Waals surface area contributed by atoms with E-state index in [-0.39, 0.29) is 0 Å². The van der Waals surface area contributed by atoms with E-state index in [0.717, 1.165) is 22.2 Å². The summed E-state index contributed by atoms with van der Waals surface area (Å²) in [5.74, 6) is -0.395. The van der Waals surface area contributed by atoms with E-state index in [1.165, 1.54) is 7.11 Å². The minimum absolute atomic E-state index is 0.395. The number of aromatic nitrogens is 1. The van der Waals surface area contributed by atoms with Crippen molar-refractivity contribution in [2.24, 2.45) is 5.73 Å². The Bertz CT molecular complexity index is 581. The summed E-state index contributed by atoms with van der Waals surface area (Å²) >= 11 is 0. The van der Waals surface area contributed by atoms with Crippen LogP contribution in [0.2, 0.25) is 0 Å². The van der Waals surface area contributed by atoms with E-state index in [9.17, 15) is 4.79 Å². The van der Waals surface area contributed by atoms with Crippen LogP contribution in [-0.2, 0) is 16.0 Å². The third kappa shape index (κ3) is 2.49. The Morgan fingerprint density at radius 1 is 1.44 bits per heavy atom. The molecular weight excluding hydrogens is 228 g/mol. The van der Waals surface area contributed by atoms with Crippen molar-refractivity contribution in [3.8, 4) is 0 Å². The second kappa shape index (κ2) is 5.14. The summed E-state index contributed by atoms with van der Waals surface area (Å²) in [6.07, 6.45) is 0.455. The van der Waals surface area contributed by atoms with Crippen molar-refractivity contribution in [1.82, 2.24) is 4.98 Å². The molecule has 0 radical (unpaired) electrons. The van der Waals surface area contributed by atoms with Gasteiger partial charge in [-0.25, -0.2) is 0 Å². The first-order valence-corrected chi connectivity index (χ1v) is 5.80. The molecule has 0 aliphatic carbocycles. The maximum Gasteiger partial charge on any atom is 0.322 e. The van der Waals surface area contributed by atoms with Crippen LogP contribution in [0.4, 0.5) is 0 Å². The third-order valence-corrected chi connectivity index (χ3v) is 2.87. The molecule has 0 bridgehead atoms. The minimum atomic E-state index is -0.639. The van der Waals surface area contributed by atoms with Crippen LogP contribution in [0.15, 0.2) is 30.3 Å². The van der Waals surface area contributed by atoms with Gasteiger partial charge in [-0.2, -0.15) is 0 Å². The van der Waals surface area contributed by atoms with Crippen LogP contribution in [0.1, 0.15) is 11.3 Å². The number of rotatable bonds is 3. The van der Waals surface area contributed by atoms with Crippen LogP contribution in [0.25, 0.3) is 10.9 Å². The van der Waals surface area contributed by atoms with Crippen LogP contribution >= 0.6 is 0 Å². The van der Waals surface area contributed by atoms with Gasteiger partial charge in [0.05, 0.1) is 12.6 Å². The fourth-order valence-corrected chi connectivity index (χ4v) is 2.04. The normalized spacial score (nSPS) is 12.4. The van der Waals surface area contributed by atoms with Gasteiger partial charge >= 0.3 is 5.97 Å². The number of carbonyl (C=O) groups is 1. The largest absolute Gasteiger partial charge is 0.468 e. The molecular formula is C14H16N2O2. The summed E-state index contributed by atoms with van der Waals surface area (Å²) in [5.41, 5.74) is 8.67. The molecule has 4 nitrogen and oxygen atoms in total. The number of benzene rings is 1. The number of esters is 1. The van der Waals surface area contributed by atoms with Crippen molar-refractivity contribution in [3.05, 3.63) is 41.6 Å². The number of carbonyl (C=O) groups excluding carboxylic acids is 1. The number of nitrogens with two attached hydrogens (primary N) is 1. The number of methoxy groups -OCH3 is 1. The number of hydrogen-bond acceptors (Lipinski definition) is 4. The molecule has 1 aromatic heterocycles. The average molecular weight is 244 g/mol. The number of pyridine rings is 1. The molecule has 4 heteroatoms. The number of nitrogens with zero attached hydrogens (tertiary/aromatic N) is 1. The Labute approximate surface area is 106 Å². The van der Waals surface area contributed by atoms with Gasteiger partial charge in [0.15, 0.2) is 0 Å². The molecule has 0 amide bonds. The summed E-state index contributed by atoms with van der Waals surface area (Å²) in [4.78, 5) is 15.8. The highest BCUT2D eigenvalue weighted by Gasteiger charge is 2.16. The maximum atomic E-state index is 11.4. The first kappa shape index (κ1) is 12.5. The Morgan fingerprint density at radius 2 is 2.17 bits per heavy atom. The van der Waals surface area contributed by atoms with Crippen molar-refractivity contribution >= 4 is 16.9 Å². The molecule has 1 unspecified atom stereocenters. The lowest BCUT2D eigenvalue weighted by molar-refractivity contribution is -0.142. The molecule has 18 heavy (non-hydrogen) atoms. The molecule has 0 aliphatic rings. The number of para-hydroxylation sites is 1. The number of fused-ring (bicyclic) bond motifs is 1. The Morgan fingerprint density at radius 3 is 2.89 bits per heavy atom. The zero-order valence-corrected chi connectivity index (χ0v) is 10.5. The van der Waals surface area contributed by atoms with Crippen molar-refractivity contribution in [3.63, 3.8) is 0 Å². The summed E-state index contributed by atoms with van der Waals surface area (Å²) in [7, 11) is 1.35. The lowest BCUT2D eigenvalue weighted by Crippen LogP contribution is -2.33. The monoisotopic (exact) mass is 244 g/mol. The average Bonchev–Trinajstić information content (AvgIpc) is 2.37. The Kier molecular flexibility index (Phi) is 3.58. The highest BCUT2D eigenvalue weighted by atomic mass is 16.5. The molecule has 0 saturated heterocycles. The van der Waals surface area contributed by atoms with Gasteiger partial charge in [0.25, 0.3) is 0 Å². The molecule has 2 rings (SSSR count). The highest BCUT2D eigenvalue weighted by molar-refractivity contribution is 5.83. The molecule has 2 N–H and O–H groups in total. The lowest BCUT2D eigenvalue weighted by Gasteiger charge is -2.12. The molecule has 2 aromatic rings. The molecule has 0 saturated carbocycles. The Balaban J connectivity index is 2.41. The second-order valence-electron chi connectivity index (χ2n) is 4.27. The third-order valence-electron chi connectivity index (χ3n) is 2.87. The van der Waals surface area contributed by atoms with Crippen molar-refractivity contribution in [2.45, 2.75) is 19.4 Å². The highest BCUT2D eigenvalue weighted by Crippen LogP contribution is 2.19. The summed E-state index contributed by atoms with van der Waals surface area (Å²) < 4.78 is 4.65. The van der Waals surface area contributed by atoms with Crippen LogP contribution in [0.5, 0.6) is 0 Å². The van der Waals surface area contributed by atoms with Crippen LogP contribution in [0, 0.1) is 6.92 Å². The number of hydrogen-bond donors (Lipinski definition) is 1.